The Balaban J connectivity index is 2.59. The number of nitrogens with two attached hydrogens (primary N) is 1. The Morgan fingerprint density at radius 1 is 1.35 bits per heavy atom. The molecule has 0 saturated carbocycles. The van der Waals surface area contributed by atoms with Gasteiger partial charge in [0.15, 0.2) is 0 Å². The van der Waals surface area contributed by atoms with Crippen LogP contribution in [-0.2, 0) is 11.2 Å². The minimum absolute atomic E-state index is 0.175. The lowest BCUT2D eigenvalue weighted by molar-refractivity contribution is -0.117. The fraction of sp³-hybridized carbons (Fsp3) is 0.231. The van der Waals surface area contributed by atoms with E-state index in [1.165, 1.54) is 0 Å². The highest BCUT2D eigenvalue weighted by Crippen LogP contribution is 2.23. The van der Waals surface area contributed by atoms with Crippen molar-refractivity contribution in [1.29, 1.82) is 0 Å². The normalized spacial score (nSPS) is 10.5. The average molecular weight is 229 g/mol. The van der Waals surface area contributed by atoms with E-state index in [1.54, 1.807) is 6.20 Å². The summed E-state index contributed by atoms with van der Waals surface area (Å²) in [6, 6.07) is 8.02. The maximum Gasteiger partial charge on any atom is 0.223 e. The van der Waals surface area contributed by atoms with Crippen molar-refractivity contribution in [1.82, 2.24) is 4.98 Å². The van der Waals surface area contributed by atoms with Gasteiger partial charge in [0.2, 0.25) is 5.91 Å². The van der Waals surface area contributed by atoms with E-state index in [2.05, 4.69) is 4.98 Å². The first kappa shape index (κ1) is 11.4. The van der Waals surface area contributed by atoms with Gasteiger partial charge in [0.25, 0.3) is 0 Å². The number of benzene rings is 1. The number of rotatable bonds is 3. The van der Waals surface area contributed by atoms with Crippen LogP contribution in [0.3, 0.4) is 0 Å². The largest absolute Gasteiger partial charge is 0.378 e. The van der Waals surface area contributed by atoms with E-state index in [1.807, 2.05) is 43.3 Å². The van der Waals surface area contributed by atoms with E-state index >= 15 is 0 Å². The minimum atomic E-state index is -0.361. The van der Waals surface area contributed by atoms with Crippen molar-refractivity contribution in [2.24, 2.45) is 5.73 Å². The van der Waals surface area contributed by atoms with Crippen molar-refractivity contribution in [3.63, 3.8) is 0 Å². The molecular formula is C13H15N3O. The molecule has 0 fully saturated rings. The molecule has 0 atom stereocenters. The summed E-state index contributed by atoms with van der Waals surface area (Å²) in [5.74, 6) is -0.361. The predicted molar refractivity (Wildman–Crippen MR) is 69.0 cm³/mol. The predicted octanol–water partition coefficient (Wildman–Crippen LogP) is 1.33. The van der Waals surface area contributed by atoms with E-state index in [-0.39, 0.29) is 12.3 Å². The maximum absolute atomic E-state index is 11.0. The van der Waals surface area contributed by atoms with Crippen LogP contribution in [0.15, 0.2) is 30.5 Å². The molecule has 4 nitrogen and oxygen atoms in total. The molecule has 1 amide bonds. The Kier molecular flexibility index (Phi) is 2.95. The summed E-state index contributed by atoms with van der Waals surface area (Å²) in [5, 5.41) is 2.05. The fourth-order valence-electron chi connectivity index (χ4n) is 1.80. The zero-order valence-electron chi connectivity index (χ0n) is 9.97. The van der Waals surface area contributed by atoms with Gasteiger partial charge in [0.1, 0.15) is 0 Å². The Hall–Kier alpha value is -2.10. The van der Waals surface area contributed by atoms with Crippen LogP contribution in [0.5, 0.6) is 0 Å². The zero-order chi connectivity index (χ0) is 12.4. The van der Waals surface area contributed by atoms with E-state index < -0.39 is 0 Å². The SMILES string of the molecule is CN(C)c1ccc2ccnc(CC(N)=O)c2c1. The highest BCUT2D eigenvalue weighted by Gasteiger charge is 2.07. The second kappa shape index (κ2) is 4.41. The van der Waals surface area contributed by atoms with Crippen LogP contribution in [0.25, 0.3) is 10.8 Å². The van der Waals surface area contributed by atoms with E-state index in [0.717, 1.165) is 22.2 Å². The number of fused-ring (bicyclic) bond motifs is 1. The molecule has 0 aliphatic heterocycles. The molecule has 1 aromatic carbocycles. The first-order chi connectivity index (χ1) is 8.08. The molecule has 0 bridgehead atoms. The number of pyridine rings is 1. The number of amides is 1. The van der Waals surface area contributed by atoms with Gasteiger partial charge in [-0.1, -0.05) is 6.07 Å². The molecule has 0 radical (unpaired) electrons. The van der Waals surface area contributed by atoms with E-state index in [0.29, 0.717) is 0 Å². The minimum Gasteiger partial charge on any atom is -0.378 e. The maximum atomic E-state index is 11.0. The van der Waals surface area contributed by atoms with E-state index in [4.69, 9.17) is 5.73 Å². The summed E-state index contributed by atoms with van der Waals surface area (Å²) in [5.41, 5.74) is 7.04. The molecular weight excluding hydrogens is 214 g/mol. The third-order valence-corrected chi connectivity index (χ3v) is 2.69. The second-order valence-electron chi connectivity index (χ2n) is 4.20. The molecule has 1 aromatic heterocycles. The van der Waals surface area contributed by atoms with Gasteiger partial charge in [0, 0.05) is 31.4 Å². The summed E-state index contributed by atoms with van der Waals surface area (Å²) in [4.78, 5) is 17.2. The van der Waals surface area contributed by atoms with Gasteiger partial charge in [-0.25, -0.2) is 0 Å². The van der Waals surface area contributed by atoms with Gasteiger partial charge in [0.05, 0.1) is 12.1 Å². The molecule has 4 heteroatoms. The fourth-order valence-corrected chi connectivity index (χ4v) is 1.80. The molecule has 17 heavy (non-hydrogen) atoms. The lowest BCUT2D eigenvalue weighted by Crippen LogP contribution is -2.15. The van der Waals surface area contributed by atoms with Gasteiger partial charge in [-0.15, -0.1) is 0 Å². The summed E-state index contributed by atoms with van der Waals surface area (Å²) >= 11 is 0. The summed E-state index contributed by atoms with van der Waals surface area (Å²) in [6.07, 6.45) is 1.88. The van der Waals surface area contributed by atoms with E-state index in [9.17, 15) is 4.79 Å². The van der Waals surface area contributed by atoms with Crippen LogP contribution in [0, 0.1) is 0 Å². The van der Waals surface area contributed by atoms with Crippen molar-refractivity contribution in [2.45, 2.75) is 6.42 Å². The lowest BCUT2D eigenvalue weighted by atomic mass is 10.1. The zero-order valence-corrected chi connectivity index (χ0v) is 9.97. The first-order valence-electron chi connectivity index (χ1n) is 5.41. The van der Waals surface area contributed by atoms with Crippen LogP contribution in [0.2, 0.25) is 0 Å². The molecule has 88 valence electrons. The molecule has 2 N–H and O–H groups in total. The third kappa shape index (κ3) is 2.36. The van der Waals surface area contributed by atoms with Crippen molar-refractivity contribution >= 4 is 22.4 Å². The Morgan fingerprint density at radius 2 is 2.12 bits per heavy atom. The number of carbonyl (C=O) groups excluding carboxylic acids is 1. The number of hydrogen-bond donors (Lipinski definition) is 1. The van der Waals surface area contributed by atoms with Crippen molar-refractivity contribution < 1.29 is 4.79 Å². The summed E-state index contributed by atoms with van der Waals surface area (Å²) in [7, 11) is 3.95. The topological polar surface area (TPSA) is 59.2 Å². The quantitative estimate of drug-likeness (QED) is 0.863. The number of hydrogen-bond acceptors (Lipinski definition) is 3. The van der Waals surface area contributed by atoms with Crippen LogP contribution < -0.4 is 10.6 Å². The first-order valence-corrected chi connectivity index (χ1v) is 5.41. The number of aromatic nitrogens is 1. The van der Waals surface area contributed by atoms with Crippen molar-refractivity contribution in [3.8, 4) is 0 Å². The third-order valence-electron chi connectivity index (χ3n) is 2.69. The Morgan fingerprint density at radius 3 is 2.76 bits per heavy atom. The lowest BCUT2D eigenvalue weighted by Gasteiger charge is -2.14. The molecule has 0 unspecified atom stereocenters. The highest BCUT2D eigenvalue weighted by atomic mass is 16.1. The number of anilines is 1. The summed E-state index contributed by atoms with van der Waals surface area (Å²) < 4.78 is 0. The van der Waals surface area contributed by atoms with Crippen molar-refractivity contribution in [3.05, 3.63) is 36.2 Å². The molecule has 2 rings (SSSR count). The molecule has 0 aliphatic rings. The molecule has 0 aliphatic carbocycles. The second-order valence-corrected chi connectivity index (χ2v) is 4.20. The highest BCUT2D eigenvalue weighted by molar-refractivity contribution is 5.90. The molecule has 0 saturated heterocycles. The molecule has 1 heterocycles. The van der Waals surface area contributed by atoms with Crippen LogP contribution in [0.1, 0.15) is 5.69 Å². The number of carbonyl (C=O) groups is 1. The van der Waals surface area contributed by atoms with Crippen LogP contribution in [0.4, 0.5) is 5.69 Å². The van der Waals surface area contributed by atoms with Crippen LogP contribution >= 0.6 is 0 Å². The monoisotopic (exact) mass is 229 g/mol. The van der Waals surface area contributed by atoms with Crippen LogP contribution in [-0.4, -0.2) is 25.0 Å². The summed E-state index contributed by atoms with van der Waals surface area (Å²) in [6.45, 7) is 0. The van der Waals surface area contributed by atoms with Gasteiger partial charge in [-0.2, -0.15) is 0 Å². The standard InChI is InChI=1S/C13H15N3O/c1-16(2)10-4-3-9-5-6-15-12(8-13(14)17)11(9)7-10/h3-7H,8H2,1-2H3,(H2,14,17). The number of primary amides is 1. The number of nitrogens with zero attached hydrogens (tertiary/aromatic N) is 2. The Bertz CT molecular complexity index is 564. The smallest absolute Gasteiger partial charge is 0.223 e. The van der Waals surface area contributed by atoms with Gasteiger partial charge in [-0.3, -0.25) is 9.78 Å². The Labute approximate surface area is 100 Å². The average Bonchev–Trinajstić information content (AvgIpc) is 2.28. The molecule has 2 aromatic rings. The van der Waals surface area contributed by atoms with Gasteiger partial charge < -0.3 is 10.6 Å². The van der Waals surface area contributed by atoms with Gasteiger partial charge >= 0.3 is 0 Å². The molecule has 0 spiro atoms. The van der Waals surface area contributed by atoms with Crippen molar-refractivity contribution in [2.75, 3.05) is 19.0 Å². The van der Waals surface area contributed by atoms with Gasteiger partial charge in [-0.05, 0) is 23.6 Å².